The summed E-state index contributed by atoms with van der Waals surface area (Å²) >= 11 is 6.20. The first-order valence-electron chi connectivity index (χ1n) is 6.88. The molecule has 0 spiro atoms. The molecule has 0 saturated heterocycles. The standard InChI is InChI=1S/C18H16ClNO2/c1-21-15-5-7-17(19)12(10-15)3-4-14-9-13-11-16(22-2)6-8-18(13)20-14/h3-11,20H,1-2H3/b4-3+. The van der Waals surface area contributed by atoms with Crippen LogP contribution in [-0.4, -0.2) is 19.2 Å². The molecule has 0 bridgehead atoms. The molecule has 0 fully saturated rings. The van der Waals surface area contributed by atoms with Gasteiger partial charge in [0.05, 0.1) is 14.2 Å². The number of H-pyrrole nitrogens is 1. The van der Waals surface area contributed by atoms with E-state index in [4.69, 9.17) is 21.1 Å². The van der Waals surface area contributed by atoms with Gasteiger partial charge in [-0.25, -0.2) is 0 Å². The first-order valence-corrected chi connectivity index (χ1v) is 7.26. The SMILES string of the molecule is COc1ccc(Cl)c(/C=C/c2cc3cc(OC)ccc3[nH]2)c1. The Kier molecular flexibility index (Phi) is 4.07. The number of nitrogens with one attached hydrogen (secondary N) is 1. The van der Waals surface area contributed by atoms with Crippen molar-refractivity contribution in [1.82, 2.24) is 4.98 Å². The number of fused-ring (bicyclic) bond motifs is 1. The van der Waals surface area contributed by atoms with E-state index in [0.717, 1.165) is 33.7 Å². The van der Waals surface area contributed by atoms with Gasteiger partial charge in [0.25, 0.3) is 0 Å². The van der Waals surface area contributed by atoms with Crippen LogP contribution in [0.2, 0.25) is 5.02 Å². The fourth-order valence-corrected chi connectivity index (χ4v) is 2.49. The molecule has 1 aromatic heterocycles. The highest BCUT2D eigenvalue weighted by molar-refractivity contribution is 6.32. The topological polar surface area (TPSA) is 34.2 Å². The zero-order valence-corrected chi connectivity index (χ0v) is 13.1. The van der Waals surface area contributed by atoms with Crippen molar-refractivity contribution in [2.45, 2.75) is 0 Å². The maximum Gasteiger partial charge on any atom is 0.119 e. The molecule has 0 atom stereocenters. The molecule has 0 aliphatic heterocycles. The van der Waals surface area contributed by atoms with Crippen LogP contribution in [-0.2, 0) is 0 Å². The van der Waals surface area contributed by atoms with E-state index in [2.05, 4.69) is 11.1 Å². The lowest BCUT2D eigenvalue weighted by Crippen LogP contribution is -1.83. The molecule has 0 aliphatic rings. The maximum atomic E-state index is 6.20. The number of aromatic amines is 1. The zero-order chi connectivity index (χ0) is 15.5. The van der Waals surface area contributed by atoms with Crippen LogP contribution < -0.4 is 9.47 Å². The highest BCUT2D eigenvalue weighted by Gasteiger charge is 2.02. The molecule has 1 heterocycles. The molecule has 4 heteroatoms. The van der Waals surface area contributed by atoms with Crippen LogP contribution in [0.15, 0.2) is 42.5 Å². The van der Waals surface area contributed by atoms with Crippen LogP contribution in [0.1, 0.15) is 11.3 Å². The second kappa shape index (κ2) is 6.16. The normalized spacial score (nSPS) is 11.2. The Bertz CT molecular complexity index is 836. The number of aromatic nitrogens is 1. The van der Waals surface area contributed by atoms with Gasteiger partial charge in [0.1, 0.15) is 11.5 Å². The maximum absolute atomic E-state index is 6.20. The monoisotopic (exact) mass is 313 g/mol. The van der Waals surface area contributed by atoms with Crippen LogP contribution in [0.4, 0.5) is 0 Å². The third kappa shape index (κ3) is 2.95. The van der Waals surface area contributed by atoms with Gasteiger partial charge in [-0.1, -0.05) is 17.7 Å². The number of hydrogen-bond donors (Lipinski definition) is 1. The van der Waals surface area contributed by atoms with Gasteiger partial charge in [0.2, 0.25) is 0 Å². The van der Waals surface area contributed by atoms with Gasteiger partial charge >= 0.3 is 0 Å². The molecule has 3 aromatic rings. The fraction of sp³-hybridized carbons (Fsp3) is 0.111. The summed E-state index contributed by atoms with van der Waals surface area (Å²) in [5, 5.41) is 1.80. The Morgan fingerprint density at radius 2 is 1.64 bits per heavy atom. The molecular formula is C18H16ClNO2. The first kappa shape index (κ1) is 14.5. The summed E-state index contributed by atoms with van der Waals surface area (Å²) in [5.41, 5.74) is 2.98. The second-order valence-electron chi connectivity index (χ2n) is 4.90. The van der Waals surface area contributed by atoms with E-state index < -0.39 is 0 Å². The molecule has 3 nitrogen and oxygen atoms in total. The van der Waals surface area contributed by atoms with Crippen molar-refractivity contribution in [1.29, 1.82) is 0 Å². The van der Waals surface area contributed by atoms with Crippen molar-refractivity contribution in [3.63, 3.8) is 0 Å². The largest absolute Gasteiger partial charge is 0.497 e. The average Bonchev–Trinajstić information content (AvgIpc) is 2.95. The van der Waals surface area contributed by atoms with Crippen LogP contribution in [0.5, 0.6) is 11.5 Å². The Balaban J connectivity index is 1.92. The van der Waals surface area contributed by atoms with Gasteiger partial charge in [0.15, 0.2) is 0 Å². The molecular weight excluding hydrogens is 298 g/mol. The van der Waals surface area contributed by atoms with Crippen LogP contribution in [0, 0.1) is 0 Å². The molecule has 3 rings (SSSR count). The lowest BCUT2D eigenvalue weighted by Gasteiger charge is -2.02. The minimum atomic E-state index is 0.690. The van der Waals surface area contributed by atoms with E-state index in [-0.39, 0.29) is 0 Å². The lowest BCUT2D eigenvalue weighted by molar-refractivity contribution is 0.414. The number of methoxy groups -OCH3 is 2. The lowest BCUT2D eigenvalue weighted by atomic mass is 10.2. The Labute approximate surface area is 134 Å². The number of ether oxygens (including phenoxy) is 2. The number of halogens is 1. The van der Waals surface area contributed by atoms with Gasteiger partial charge in [-0.3, -0.25) is 0 Å². The zero-order valence-electron chi connectivity index (χ0n) is 12.4. The Morgan fingerprint density at radius 1 is 0.909 bits per heavy atom. The van der Waals surface area contributed by atoms with Gasteiger partial charge in [0, 0.05) is 21.6 Å². The van der Waals surface area contributed by atoms with Crippen molar-refractivity contribution in [2.24, 2.45) is 0 Å². The van der Waals surface area contributed by atoms with E-state index >= 15 is 0 Å². The molecule has 0 radical (unpaired) electrons. The molecule has 22 heavy (non-hydrogen) atoms. The Morgan fingerprint density at radius 3 is 2.41 bits per heavy atom. The summed E-state index contributed by atoms with van der Waals surface area (Å²) in [4.78, 5) is 3.35. The van der Waals surface area contributed by atoms with Gasteiger partial charge in [-0.15, -0.1) is 0 Å². The van der Waals surface area contributed by atoms with Gasteiger partial charge in [-0.05, 0) is 54.1 Å². The van der Waals surface area contributed by atoms with Crippen molar-refractivity contribution < 1.29 is 9.47 Å². The third-order valence-corrected chi connectivity index (χ3v) is 3.84. The van der Waals surface area contributed by atoms with E-state index in [1.54, 1.807) is 14.2 Å². The average molecular weight is 314 g/mol. The molecule has 1 N–H and O–H groups in total. The molecule has 0 amide bonds. The molecule has 0 unspecified atom stereocenters. The van der Waals surface area contributed by atoms with E-state index in [1.165, 1.54) is 0 Å². The molecule has 2 aromatic carbocycles. The molecule has 0 saturated carbocycles. The van der Waals surface area contributed by atoms with Crippen LogP contribution in [0.25, 0.3) is 23.1 Å². The minimum Gasteiger partial charge on any atom is -0.497 e. The summed E-state index contributed by atoms with van der Waals surface area (Å²) in [6, 6.07) is 13.6. The molecule has 112 valence electrons. The van der Waals surface area contributed by atoms with Crippen LogP contribution >= 0.6 is 11.6 Å². The summed E-state index contributed by atoms with van der Waals surface area (Å²) in [7, 11) is 3.31. The summed E-state index contributed by atoms with van der Waals surface area (Å²) in [5.74, 6) is 1.63. The van der Waals surface area contributed by atoms with E-state index in [0.29, 0.717) is 5.02 Å². The van der Waals surface area contributed by atoms with Crippen molar-refractivity contribution in [3.8, 4) is 11.5 Å². The van der Waals surface area contributed by atoms with Gasteiger partial charge < -0.3 is 14.5 Å². The third-order valence-electron chi connectivity index (χ3n) is 3.49. The number of hydrogen-bond acceptors (Lipinski definition) is 2. The van der Waals surface area contributed by atoms with Crippen molar-refractivity contribution >= 4 is 34.7 Å². The van der Waals surface area contributed by atoms with Crippen LogP contribution in [0.3, 0.4) is 0 Å². The summed E-state index contributed by atoms with van der Waals surface area (Å²) in [6.45, 7) is 0. The van der Waals surface area contributed by atoms with Crippen molar-refractivity contribution in [2.75, 3.05) is 14.2 Å². The first-order chi connectivity index (χ1) is 10.7. The highest BCUT2D eigenvalue weighted by Crippen LogP contribution is 2.25. The van der Waals surface area contributed by atoms with Crippen molar-refractivity contribution in [3.05, 3.63) is 58.7 Å². The van der Waals surface area contributed by atoms with Gasteiger partial charge in [-0.2, -0.15) is 0 Å². The summed E-state index contributed by atoms with van der Waals surface area (Å²) < 4.78 is 10.5. The number of benzene rings is 2. The fourth-order valence-electron chi connectivity index (χ4n) is 2.31. The van der Waals surface area contributed by atoms with E-state index in [1.807, 2.05) is 48.6 Å². The minimum absolute atomic E-state index is 0.690. The second-order valence-corrected chi connectivity index (χ2v) is 5.31. The highest BCUT2D eigenvalue weighted by atomic mass is 35.5. The van der Waals surface area contributed by atoms with E-state index in [9.17, 15) is 0 Å². The molecule has 0 aliphatic carbocycles. The predicted octanol–water partition coefficient (Wildman–Crippen LogP) is 5.01. The number of rotatable bonds is 4. The summed E-state index contributed by atoms with van der Waals surface area (Å²) in [6.07, 6.45) is 3.96. The predicted molar refractivity (Wildman–Crippen MR) is 91.8 cm³/mol. The quantitative estimate of drug-likeness (QED) is 0.734. The Hall–Kier alpha value is -2.39. The smallest absolute Gasteiger partial charge is 0.119 e.